The van der Waals surface area contributed by atoms with Gasteiger partial charge in [-0.3, -0.25) is 4.90 Å². The molecular formula is C28H20FN5OS. The summed E-state index contributed by atoms with van der Waals surface area (Å²) in [6.45, 7) is 0. The van der Waals surface area contributed by atoms with Gasteiger partial charge >= 0.3 is 0 Å². The molecule has 1 aliphatic heterocycles. The van der Waals surface area contributed by atoms with E-state index in [0.717, 1.165) is 11.4 Å². The number of amidine groups is 2. The summed E-state index contributed by atoms with van der Waals surface area (Å²) in [5, 5.41) is 19.8. The number of rotatable bonds is 5. The normalized spacial score (nSPS) is 17.0. The van der Waals surface area contributed by atoms with Gasteiger partial charge in [-0.05, 0) is 72.4 Å². The molecule has 0 bridgehead atoms. The minimum atomic E-state index is -0.346. The first kappa shape index (κ1) is 23.2. The Morgan fingerprint density at radius 2 is 1.33 bits per heavy atom. The van der Waals surface area contributed by atoms with Crippen LogP contribution >= 0.6 is 11.8 Å². The van der Waals surface area contributed by atoms with Crippen molar-refractivity contribution in [1.29, 1.82) is 0 Å². The van der Waals surface area contributed by atoms with E-state index in [-0.39, 0.29) is 11.6 Å². The summed E-state index contributed by atoms with van der Waals surface area (Å²) in [4.78, 5) is 11.5. The molecule has 36 heavy (non-hydrogen) atoms. The average Bonchev–Trinajstić information content (AvgIpc) is 3.23. The number of aromatic hydroxyl groups is 1. The third kappa shape index (κ3) is 5.39. The van der Waals surface area contributed by atoms with E-state index in [0.29, 0.717) is 27.3 Å². The van der Waals surface area contributed by atoms with E-state index >= 15 is 0 Å². The first-order valence-corrected chi connectivity index (χ1v) is 11.9. The van der Waals surface area contributed by atoms with Gasteiger partial charge in [-0.15, -0.1) is 5.10 Å². The summed E-state index contributed by atoms with van der Waals surface area (Å²) in [7, 11) is 0. The number of phenols is 1. The van der Waals surface area contributed by atoms with Crippen molar-refractivity contribution in [3.05, 3.63) is 121 Å². The molecule has 0 saturated carbocycles. The highest BCUT2D eigenvalue weighted by molar-refractivity contribution is 8.29. The van der Waals surface area contributed by atoms with Gasteiger partial charge in [0.1, 0.15) is 16.6 Å². The second-order valence-electron chi connectivity index (χ2n) is 7.62. The number of phenolic OH excluding ortho intramolecular Hbond substituents is 1. The molecule has 8 heteroatoms. The zero-order valence-corrected chi connectivity index (χ0v) is 19.8. The number of para-hydroxylation sites is 3. The van der Waals surface area contributed by atoms with Crippen LogP contribution in [0.2, 0.25) is 0 Å². The SMILES string of the molecule is Oc1ccccc1/C=N/N=C1SC(=Nc2ccccc2)C(=Nc2ccccc2)N1c1ccc(F)cc1. The lowest BCUT2D eigenvalue weighted by Crippen LogP contribution is -2.30. The van der Waals surface area contributed by atoms with E-state index in [1.807, 2.05) is 60.7 Å². The number of nitrogens with zero attached hydrogens (tertiary/aromatic N) is 5. The van der Waals surface area contributed by atoms with Gasteiger partial charge in [0.2, 0.25) is 5.17 Å². The molecule has 0 spiro atoms. The molecule has 0 atom stereocenters. The van der Waals surface area contributed by atoms with Crippen LogP contribution in [0.15, 0.2) is 129 Å². The first-order valence-electron chi connectivity index (χ1n) is 11.1. The maximum Gasteiger partial charge on any atom is 0.202 e. The molecule has 5 rings (SSSR count). The van der Waals surface area contributed by atoms with Crippen LogP contribution in [-0.2, 0) is 0 Å². The van der Waals surface area contributed by atoms with Crippen LogP contribution in [0.1, 0.15) is 5.56 Å². The summed E-state index contributed by atoms with van der Waals surface area (Å²) in [6.07, 6.45) is 1.48. The van der Waals surface area contributed by atoms with Gasteiger partial charge in [-0.2, -0.15) is 5.10 Å². The molecule has 176 valence electrons. The largest absolute Gasteiger partial charge is 0.507 e. The van der Waals surface area contributed by atoms with E-state index in [2.05, 4.69) is 10.2 Å². The van der Waals surface area contributed by atoms with Gasteiger partial charge in [0.05, 0.1) is 17.6 Å². The molecule has 0 aliphatic carbocycles. The second-order valence-corrected chi connectivity index (χ2v) is 8.58. The first-order chi connectivity index (χ1) is 17.7. The zero-order chi connectivity index (χ0) is 24.7. The van der Waals surface area contributed by atoms with Gasteiger partial charge < -0.3 is 5.11 Å². The highest BCUT2D eigenvalue weighted by Crippen LogP contribution is 2.33. The molecule has 0 unspecified atom stereocenters. The van der Waals surface area contributed by atoms with E-state index in [1.165, 1.54) is 30.1 Å². The molecule has 1 saturated heterocycles. The molecule has 0 aromatic heterocycles. The lowest BCUT2D eigenvalue weighted by molar-refractivity contribution is 0.474. The highest BCUT2D eigenvalue weighted by atomic mass is 32.2. The Morgan fingerprint density at radius 3 is 2.00 bits per heavy atom. The minimum absolute atomic E-state index is 0.105. The summed E-state index contributed by atoms with van der Waals surface area (Å²) in [5.41, 5.74) is 2.70. The standard InChI is InChI=1S/C28H20FN5OS/c29-21-15-17-24(18-16-21)34-26(31-22-10-3-1-4-11-22)27(32-23-12-5-2-6-13-23)36-28(34)33-30-19-20-9-7-8-14-25(20)35/h1-19,35H/b30-19+,31-26?,32-27?,33-28?. The van der Waals surface area contributed by atoms with Gasteiger partial charge in [0, 0.05) is 11.3 Å². The fraction of sp³-hybridized carbons (Fsp3) is 0. The van der Waals surface area contributed by atoms with Crippen LogP contribution in [0, 0.1) is 5.82 Å². The molecule has 0 amide bonds. The minimum Gasteiger partial charge on any atom is -0.507 e. The van der Waals surface area contributed by atoms with Crippen molar-refractivity contribution < 1.29 is 9.50 Å². The molecule has 1 aliphatic rings. The van der Waals surface area contributed by atoms with Crippen LogP contribution in [0.3, 0.4) is 0 Å². The summed E-state index contributed by atoms with van der Waals surface area (Å²) >= 11 is 1.30. The summed E-state index contributed by atoms with van der Waals surface area (Å²) in [6, 6.07) is 32.0. The van der Waals surface area contributed by atoms with Crippen LogP contribution in [-0.4, -0.2) is 27.4 Å². The van der Waals surface area contributed by atoms with Crippen molar-refractivity contribution in [2.75, 3.05) is 4.90 Å². The van der Waals surface area contributed by atoms with E-state index in [9.17, 15) is 9.50 Å². The quantitative estimate of drug-likeness (QED) is 0.242. The predicted molar refractivity (Wildman–Crippen MR) is 147 cm³/mol. The Kier molecular flexibility index (Phi) is 6.95. The third-order valence-corrected chi connectivity index (χ3v) is 6.04. The molecule has 6 nitrogen and oxygen atoms in total. The number of thioether (sulfide) groups is 1. The molecule has 0 radical (unpaired) electrons. The number of hydrogen-bond acceptors (Lipinski definition) is 6. The number of aliphatic imine (C=N–C) groups is 2. The Morgan fingerprint density at radius 1 is 0.722 bits per heavy atom. The van der Waals surface area contributed by atoms with Crippen molar-refractivity contribution in [1.82, 2.24) is 0 Å². The highest BCUT2D eigenvalue weighted by Gasteiger charge is 2.35. The maximum atomic E-state index is 13.8. The molecule has 4 aromatic carbocycles. The van der Waals surface area contributed by atoms with Gasteiger partial charge in [-0.25, -0.2) is 14.4 Å². The Hall–Kier alpha value is -4.56. The third-order valence-electron chi connectivity index (χ3n) is 5.12. The Labute approximate surface area is 211 Å². The van der Waals surface area contributed by atoms with Crippen molar-refractivity contribution in [3.8, 4) is 5.75 Å². The number of benzene rings is 4. The predicted octanol–water partition coefficient (Wildman–Crippen LogP) is 6.94. The summed E-state index contributed by atoms with van der Waals surface area (Å²) in [5.74, 6) is 0.299. The molecule has 4 aromatic rings. The van der Waals surface area contributed by atoms with Crippen LogP contribution < -0.4 is 4.90 Å². The zero-order valence-electron chi connectivity index (χ0n) is 18.9. The Bertz CT molecular complexity index is 1470. The van der Waals surface area contributed by atoms with E-state index in [4.69, 9.17) is 9.98 Å². The molecule has 1 fully saturated rings. The van der Waals surface area contributed by atoms with Gasteiger partial charge in [0.15, 0.2) is 5.84 Å². The van der Waals surface area contributed by atoms with E-state index < -0.39 is 0 Å². The molecule has 1 heterocycles. The van der Waals surface area contributed by atoms with E-state index in [1.54, 1.807) is 41.3 Å². The van der Waals surface area contributed by atoms with Crippen molar-refractivity contribution >= 4 is 51.1 Å². The van der Waals surface area contributed by atoms with Crippen molar-refractivity contribution in [2.45, 2.75) is 0 Å². The number of anilines is 1. The van der Waals surface area contributed by atoms with Crippen LogP contribution in [0.5, 0.6) is 5.75 Å². The van der Waals surface area contributed by atoms with Crippen molar-refractivity contribution in [3.63, 3.8) is 0 Å². The van der Waals surface area contributed by atoms with Gasteiger partial charge in [0.25, 0.3) is 0 Å². The fourth-order valence-electron chi connectivity index (χ4n) is 3.40. The van der Waals surface area contributed by atoms with Crippen molar-refractivity contribution in [2.24, 2.45) is 20.2 Å². The Balaban J connectivity index is 1.63. The molecular weight excluding hydrogens is 473 g/mol. The topological polar surface area (TPSA) is 72.9 Å². The second kappa shape index (κ2) is 10.8. The number of hydrogen-bond donors (Lipinski definition) is 1. The lowest BCUT2D eigenvalue weighted by Gasteiger charge is -2.18. The smallest absolute Gasteiger partial charge is 0.202 e. The summed E-state index contributed by atoms with van der Waals surface area (Å²) < 4.78 is 13.8. The fourth-order valence-corrected chi connectivity index (χ4v) is 4.33. The monoisotopic (exact) mass is 493 g/mol. The van der Waals surface area contributed by atoms with Gasteiger partial charge in [-0.1, -0.05) is 48.5 Å². The number of halogens is 1. The maximum absolute atomic E-state index is 13.8. The average molecular weight is 494 g/mol. The van der Waals surface area contributed by atoms with Crippen LogP contribution in [0.4, 0.5) is 21.5 Å². The van der Waals surface area contributed by atoms with Crippen LogP contribution in [0.25, 0.3) is 0 Å². The lowest BCUT2D eigenvalue weighted by atomic mass is 10.2. The molecule has 1 N–H and O–H groups in total.